The first-order valence-electron chi connectivity index (χ1n) is 18.9. The molecule has 0 spiro atoms. The Bertz CT molecular complexity index is 2760. The van der Waals surface area contributed by atoms with E-state index in [4.69, 9.17) is 15.0 Å². The second kappa shape index (κ2) is 13.2. The molecule has 0 aliphatic heterocycles. The van der Waals surface area contributed by atoms with Crippen molar-refractivity contribution < 1.29 is 0 Å². The molecule has 9 aromatic rings. The number of hydrogen-bond donors (Lipinski definition) is 0. The predicted octanol–water partition coefficient (Wildman–Crippen LogP) is 13.3. The zero-order valence-electron chi connectivity index (χ0n) is 30.7. The van der Waals surface area contributed by atoms with Crippen LogP contribution in [-0.2, 0) is 5.41 Å². The van der Waals surface area contributed by atoms with Crippen LogP contribution in [0.1, 0.15) is 25.0 Å². The van der Waals surface area contributed by atoms with E-state index in [2.05, 4.69) is 190 Å². The average Bonchev–Trinajstić information content (AvgIpc) is 3.49. The Kier molecular flexibility index (Phi) is 7.81. The quantitative estimate of drug-likeness (QED) is 0.173. The van der Waals surface area contributed by atoms with Crippen molar-refractivity contribution in [3.63, 3.8) is 0 Å². The van der Waals surface area contributed by atoms with E-state index in [1.54, 1.807) is 0 Å². The SMILES string of the molecule is CC1(C)c2cc(-c3cccc(-c4nc(-c5ccc(-c6ccccc6)cc5)nc(-c5ccc(-c6ccccc6)cc5)n4)c3)ccc2-c2c1ccc1ccccc21. The smallest absolute Gasteiger partial charge is 0.164 e. The molecular formula is C52H37N3. The predicted molar refractivity (Wildman–Crippen MR) is 228 cm³/mol. The van der Waals surface area contributed by atoms with E-state index in [1.165, 1.54) is 49.7 Å². The van der Waals surface area contributed by atoms with Crippen molar-refractivity contribution >= 4 is 10.8 Å². The van der Waals surface area contributed by atoms with Gasteiger partial charge in [-0.05, 0) is 78.5 Å². The van der Waals surface area contributed by atoms with Crippen LogP contribution in [0.25, 0.3) is 89.4 Å². The van der Waals surface area contributed by atoms with Gasteiger partial charge in [-0.15, -0.1) is 0 Å². The van der Waals surface area contributed by atoms with Crippen LogP contribution in [-0.4, -0.2) is 15.0 Å². The number of hydrogen-bond acceptors (Lipinski definition) is 3. The molecule has 0 unspecified atom stereocenters. The lowest BCUT2D eigenvalue weighted by Crippen LogP contribution is -2.15. The van der Waals surface area contributed by atoms with E-state index in [0.717, 1.165) is 33.4 Å². The Balaban J connectivity index is 1.06. The van der Waals surface area contributed by atoms with Crippen molar-refractivity contribution in [1.82, 2.24) is 15.0 Å². The van der Waals surface area contributed by atoms with Gasteiger partial charge in [-0.3, -0.25) is 0 Å². The second-order valence-corrected chi connectivity index (χ2v) is 14.9. The van der Waals surface area contributed by atoms with Crippen molar-refractivity contribution in [3.8, 4) is 78.7 Å². The van der Waals surface area contributed by atoms with Gasteiger partial charge in [0.25, 0.3) is 0 Å². The summed E-state index contributed by atoms with van der Waals surface area (Å²) >= 11 is 0. The summed E-state index contributed by atoms with van der Waals surface area (Å²) in [6.45, 7) is 4.69. The Labute approximate surface area is 321 Å². The van der Waals surface area contributed by atoms with Crippen molar-refractivity contribution in [2.75, 3.05) is 0 Å². The van der Waals surface area contributed by atoms with Crippen LogP contribution >= 0.6 is 0 Å². The molecule has 0 radical (unpaired) electrons. The number of fused-ring (bicyclic) bond motifs is 5. The molecule has 0 bridgehead atoms. The summed E-state index contributed by atoms with van der Waals surface area (Å²) in [5, 5.41) is 2.59. The van der Waals surface area contributed by atoms with Gasteiger partial charge >= 0.3 is 0 Å². The summed E-state index contributed by atoms with van der Waals surface area (Å²) in [6.07, 6.45) is 0. The van der Waals surface area contributed by atoms with Crippen molar-refractivity contribution in [2.24, 2.45) is 0 Å². The molecule has 1 heterocycles. The maximum absolute atomic E-state index is 5.12. The van der Waals surface area contributed by atoms with Gasteiger partial charge in [0.1, 0.15) is 0 Å². The lowest BCUT2D eigenvalue weighted by Gasteiger charge is -2.22. The summed E-state index contributed by atoms with van der Waals surface area (Å²) < 4.78 is 0. The lowest BCUT2D eigenvalue weighted by atomic mass is 9.81. The number of benzene rings is 8. The van der Waals surface area contributed by atoms with E-state index >= 15 is 0 Å². The summed E-state index contributed by atoms with van der Waals surface area (Å²) in [7, 11) is 0. The minimum Gasteiger partial charge on any atom is -0.208 e. The molecule has 3 nitrogen and oxygen atoms in total. The van der Waals surface area contributed by atoms with Crippen molar-refractivity contribution in [3.05, 3.63) is 199 Å². The number of aromatic nitrogens is 3. The highest BCUT2D eigenvalue weighted by molar-refractivity contribution is 6.02. The molecule has 0 atom stereocenters. The topological polar surface area (TPSA) is 38.7 Å². The molecule has 0 fully saturated rings. The van der Waals surface area contributed by atoms with Crippen LogP contribution in [0.2, 0.25) is 0 Å². The van der Waals surface area contributed by atoms with Crippen LogP contribution in [0.4, 0.5) is 0 Å². The van der Waals surface area contributed by atoms with Crippen molar-refractivity contribution in [1.29, 1.82) is 0 Å². The first-order chi connectivity index (χ1) is 27.0. The molecule has 3 heteroatoms. The molecule has 10 rings (SSSR count). The standard InChI is InChI=1S/C52H37N3/c1-52(2)46-31-29-38-16-9-10-19-44(38)48(46)45-30-28-42(33-47(45)52)41-17-11-18-43(32-41)51-54-49(39-24-20-36(21-25-39)34-12-5-3-6-13-34)53-50(55-51)40-26-22-37(23-27-40)35-14-7-4-8-15-35/h3-33H,1-2H3. The van der Waals surface area contributed by atoms with Gasteiger partial charge in [0, 0.05) is 22.1 Å². The fourth-order valence-corrected chi connectivity index (χ4v) is 8.17. The first-order valence-corrected chi connectivity index (χ1v) is 18.9. The Morgan fingerprint density at radius 3 is 1.40 bits per heavy atom. The fraction of sp³-hybridized carbons (Fsp3) is 0.0577. The molecular weight excluding hydrogens is 667 g/mol. The third-order valence-corrected chi connectivity index (χ3v) is 11.2. The molecule has 55 heavy (non-hydrogen) atoms. The van der Waals surface area contributed by atoms with Crippen LogP contribution in [0, 0.1) is 0 Å². The van der Waals surface area contributed by atoms with E-state index < -0.39 is 0 Å². The van der Waals surface area contributed by atoms with Gasteiger partial charge in [0.2, 0.25) is 0 Å². The van der Waals surface area contributed by atoms with E-state index in [0.29, 0.717) is 17.5 Å². The molecule has 1 aliphatic rings. The number of rotatable bonds is 6. The van der Waals surface area contributed by atoms with Gasteiger partial charge in [-0.1, -0.05) is 190 Å². The molecule has 0 saturated heterocycles. The lowest BCUT2D eigenvalue weighted by molar-refractivity contribution is 0.661. The highest BCUT2D eigenvalue weighted by atomic mass is 15.0. The zero-order valence-corrected chi connectivity index (χ0v) is 30.7. The minimum absolute atomic E-state index is 0.119. The molecule has 0 saturated carbocycles. The van der Waals surface area contributed by atoms with Gasteiger partial charge < -0.3 is 0 Å². The third kappa shape index (κ3) is 5.82. The van der Waals surface area contributed by atoms with Gasteiger partial charge in [0.15, 0.2) is 17.5 Å². The summed E-state index contributed by atoms with van der Waals surface area (Å²) in [4.78, 5) is 15.3. The normalized spacial score (nSPS) is 12.7. The molecule has 0 amide bonds. The van der Waals surface area contributed by atoms with Gasteiger partial charge in [0.05, 0.1) is 0 Å². The van der Waals surface area contributed by atoms with Gasteiger partial charge in [-0.25, -0.2) is 15.0 Å². The molecule has 1 aromatic heterocycles. The Morgan fingerprint density at radius 1 is 0.327 bits per heavy atom. The van der Waals surface area contributed by atoms with Crippen LogP contribution in [0.3, 0.4) is 0 Å². The first kappa shape index (κ1) is 32.7. The highest BCUT2D eigenvalue weighted by Crippen LogP contribution is 2.52. The van der Waals surface area contributed by atoms with E-state index in [9.17, 15) is 0 Å². The summed E-state index contributed by atoms with van der Waals surface area (Å²) in [5.41, 5.74) is 15.1. The zero-order chi connectivity index (χ0) is 36.9. The largest absolute Gasteiger partial charge is 0.208 e. The van der Waals surface area contributed by atoms with Crippen molar-refractivity contribution in [2.45, 2.75) is 19.3 Å². The van der Waals surface area contributed by atoms with Crippen LogP contribution < -0.4 is 0 Å². The maximum atomic E-state index is 5.12. The molecule has 260 valence electrons. The maximum Gasteiger partial charge on any atom is 0.164 e. The summed E-state index contributed by atoms with van der Waals surface area (Å²) in [5.74, 6) is 1.92. The van der Waals surface area contributed by atoms with E-state index in [1.807, 2.05) is 12.1 Å². The fourth-order valence-electron chi connectivity index (χ4n) is 8.17. The second-order valence-electron chi connectivity index (χ2n) is 14.9. The third-order valence-electron chi connectivity index (χ3n) is 11.2. The molecule has 0 N–H and O–H groups in total. The minimum atomic E-state index is -0.119. The molecule has 8 aromatic carbocycles. The Morgan fingerprint density at radius 2 is 0.782 bits per heavy atom. The van der Waals surface area contributed by atoms with Crippen LogP contribution in [0.5, 0.6) is 0 Å². The van der Waals surface area contributed by atoms with E-state index in [-0.39, 0.29) is 5.41 Å². The van der Waals surface area contributed by atoms with Gasteiger partial charge in [-0.2, -0.15) is 0 Å². The van der Waals surface area contributed by atoms with Crippen LogP contribution in [0.15, 0.2) is 188 Å². The summed E-state index contributed by atoms with van der Waals surface area (Å²) in [6, 6.07) is 66.7. The average molecular weight is 704 g/mol. The number of nitrogens with zero attached hydrogens (tertiary/aromatic N) is 3. The Hall–Kier alpha value is -6.97. The molecule has 1 aliphatic carbocycles. The monoisotopic (exact) mass is 703 g/mol. The highest BCUT2D eigenvalue weighted by Gasteiger charge is 2.36.